The van der Waals surface area contributed by atoms with Crippen molar-refractivity contribution < 1.29 is 4.79 Å². The smallest absolute Gasteiger partial charge is 0.246 e. The van der Waals surface area contributed by atoms with Crippen LogP contribution in [-0.2, 0) is 4.79 Å². The molecule has 0 spiro atoms. The molecule has 0 radical (unpaired) electrons. The van der Waals surface area contributed by atoms with E-state index in [9.17, 15) is 4.79 Å². The fourth-order valence-electron chi connectivity index (χ4n) is 2.47. The van der Waals surface area contributed by atoms with Crippen molar-refractivity contribution in [3.8, 4) is 16.9 Å². The second-order valence-electron chi connectivity index (χ2n) is 6.15. The number of hydrogen-bond acceptors (Lipinski definition) is 2. The standard InChI is InChI=1S/C21H21N3O/c1-16-9-11-17(12-10-16)21-18(13-14-20(25)23(2)3)15-24(22-21)19-7-5-4-6-8-19/h4-15H,1-3H3. The van der Waals surface area contributed by atoms with Gasteiger partial charge in [0, 0.05) is 37.5 Å². The van der Waals surface area contributed by atoms with E-state index in [1.54, 1.807) is 25.1 Å². The van der Waals surface area contributed by atoms with Crippen LogP contribution >= 0.6 is 0 Å². The SMILES string of the molecule is Cc1ccc(-c2nn(-c3ccccc3)cc2C=CC(=O)N(C)C)cc1. The fourth-order valence-corrected chi connectivity index (χ4v) is 2.47. The van der Waals surface area contributed by atoms with E-state index in [-0.39, 0.29) is 5.91 Å². The van der Waals surface area contributed by atoms with E-state index in [1.807, 2.05) is 47.3 Å². The maximum atomic E-state index is 11.9. The molecule has 4 nitrogen and oxygen atoms in total. The first-order valence-corrected chi connectivity index (χ1v) is 8.16. The van der Waals surface area contributed by atoms with Crippen molar-refractivity contribution in [3.63, 3.8) is 0 Å². The molecule has 0 saturated carbocycles. The Hall–Kier alpha value is -3.14. The predicted molar refractivity (Wildman–Crippen MR) is 101 cm³/mol. The molecule has 0 aliphatic heterocycles. The van der Waals surface area contributed by atoms with Gasteiger partial charge in [-0.2, -0.15) is 5.10 Å². The van der Waals surface area contributed by atoms with Crippen molar-refractivity contribution >= 4 is 12.0 Å². The van der Waals surface area contributed by atoms with Crippen molar-refractivity contribution in [1.29, 1.82) is 0 Å². The number of carbonyl (C=O) groups excluding carboxylic acids is 1. The lowest BCUT2D eigenvalue weighted by Crippen LogP contribution is -2.18. The second kappa shape index (κ2) is 7.18. The molecule has 3 aromatic rings. The van der Waals surface area contributed by atoms with Crippen molar-refractivity contribution in [2.45, 2.75) is 6.92 Å². The zero-order valence-corrected chi connectivity index (χ0v) is 14.7. The third-order valence-electron chi connectivity index (χ3n) is 3.93. The first kappa shape index (κ1) is 16.7. The van der Waals surface area contributed by atoms with Gasteiger partial charge >= 0.3 is 0 Å². The monoisotopic (exact) mass is 331 g/mol. The number of aromatic nitrogens is 2. The molecule has 0 fully saturated rings. The summed E-state index contributed by atoms with van der Waals surface area (Å²) in [7, 11) is 3.47. The largest absolute Gasteiger partial charge is 0.345 e. The molecule has 2 aromatic carbocycles. The third-order valence-corrected chi connectivity index (χ3v) is 3.93. The molecule has 126 valence electrons. The molecule has 0 atom stereocenters. The molecule has 0 aliphatic carbocycles. The highest BCUT2D eigenvalue weighted by Crippen LogP contribution is 2.25. The van der Waals surface area contributed by atoms with Gasteiger partial charge in [0.1, 0.15) is 0 Å². The summed E-state index contributed by atoms with van der Waals surface area (Å²) in [4.78, 5) is 13.4. The normalized spacial score (nSPS) is 11.0. The van der Waals surface area contributed by atoms with Crippen molar-refractivity contribution in [1.82, 2.24) is 14.7 Å². The summed E-state index contributed by atoms with van der Waals surface area (Å²) in [6.07, 6.45) is 5.35. The number of rotatable bonds is 4. The minimum atomic E-state index is -0.0534. The maximum absolute atomic E-state index is 11.9. The number of carbonyl (C=O) groups is 1. The van der Waals surface area contributed by atoms with Crippen molar-refractivity contribution in [2.75, 3.05) is 14.1 Å². The Morgan fingerprint density at radius 2 is 1.72 bits per heavy atom. The minimum Gasteiger partial charge on any atom is -0.345 e. The Bertz CT molecular complexity index is 891. The van der Waals surface area contributed by atoms with Gasteiger partial charge in [-0.3, -0.25) is 4.79 Å². The van der Waals surface area contributed by atoms with Gasteiger partial charge < -0.3 is 4.90 Å². The molecule has 1 amide bonds. The van der Waals surface area contributed by atoms with E-state index < -0.39 is 0 Å². The molecule has 0 aliphatic rings. The fraction of sp³-hybridized carbons (Fsp3) is 0.143. The van der Waals surface area contributed by atoms with Crippen LogP contribution in [0.25, 0.3) is 23.0 Å². The molecule has 4 heteroatoms. The highest BCUT2D eigenvalue weighted by Gasteiger charge is 2.11. The van der Waals surface area contributed by atoms with Crippen LogP contribution in [0.15, 0.2) is 66.9 Å². The summed E-state index contributed by atoms with van der Waals surface area (Å²) in [6, 6.07) is 18.2. The summed E-state index contributed by atoms with van der Waals surface area (Å²) in [5.74, 6) is -0.0534. The Balaban J connectivity index is 2.06. The lowest BCUT2D eigenvalue weighted by molar-refractivity contribution is -0.123. The average molecular weight is 331 g/mol. The molecule has 0 N–H and O–H groups in total. The van der Waals surface area contributed by atoms with E-state index in [0.29, 0.717) is 0 Å². The Morgan fingerprint density at radius 1 is 1.04 bits per heavy atom. The molecule has 1 heterocycles. The van der Waals surface area contributed by atoms with Crippen LogP contribution in [0.3, 0.4) is 0 Å². The van der Waals surface area contributed by atoms with Crippen molar-refractivity contribution in [3.05, 3.63) is 78.0 Å². The minimum absolute atomic E-state index is 0.0534. The van der Waals surface area contributed by atoms with E-state index in [2.05, 4.69) is 31.2 Å². The van der Waals surface area contributed by atoms with Gasteiger partial charge in [-0.05, 0) is 25.1 Å². The van der Waals surface area contributed by atoms with E-state index in [1.165, 1.54) is 5.56 Å². The summed E-state index contributed by atoms with van der Waals surface area (Å²) in [5, 5.41) is 4.74. The Kier molecular flexibility index (Phi) is 4.80. The van der Waals surface area contributed by atoms with Gasteiger partial charge in [0.2, 0.25) is 5.91 Å². The topological polar surface area (TPSA) is 38.1 Å². The van der Waals surface area contributed by atoms with E-state index in [0.717, 1.165) is 22.5 Å². The summed E-state index contributed by atoms with van der Waals surface area (Å²) in [5.41, 5.74) is 4.97. The molecular weight excluding hydrogens is 310 g/mol. The van der Waals surface area contributed by atoms with E-state index >= 15 is 0 Å². The van der Waals surface area contributed by atoms with Gasteiger partial charge in [-0.1, -0.05) is 48.0 Å². The number of likely N-dealkylation sites (N-methyl/N-ethyl adjacent to an activating group) is 1. The summed E-state index contributed by atoms with van der Waals surface area (Å²) < 4.78 is 1.84. The number of benzene rings is 2. The Labute approximate surface area is 148 Å². The highest BCUT2D eigenvalue weighted by molar-refractivity contribution is 5.92. The highest BCUT2D eigenvalue weighted by atomic mass is 16.2. The van der Waals surface area contributed by atoms with Crippen LogP contribution in [0, 0.1) is 6.92 Å². The zero-order valence-electron chi connectivity index (χ0n) is 14.7. The number of amides is 1. The van der Waals surface area contributed by atoms with E-state index in [4.69, 9.17) is 5.10 Å². The number of aryl methyl sites for hydroxylation is 1. The summed E-state index contributed by atoms with van der Waals surface area (Å²) >= 11 is 0. The molecular formula is C21H21N3O. The lowest BCUT2D eigenvalue weighted by Gasteiger charge is -2.05. The van der Waals surface area contributed by atoms with Crippen LogP contribution in [-0.4, -0.2) is 34.7 Å². The maximum Gasteiger partial charge on any atom is 0.246 e. The number of nitrogens with zero attached hydrogens (tertiary/aromatic N) is 3. The molecule has 3 rings (SSSR count). The average Bonchev–Trinajstić information content (AvgIpc) is 3.05. The first-order valence-electron chi connectivity index (χ1n) is 8.16. The third kappa shape index (κ3) is 3.86. The van der Waals surface area contributed by atoms with Crippen LogP contribution in [0.4, 0.5) is 0 Å². The summed E-state index contributed by atoms with van der Waals surface area (Å²) in [6.45, 7) is 2.06. The number of hydrogen-bond donors (Lipinski definition) is 0. The molecule has 0 bridgehead atoms. The predicted octanol–water partition coefficient (Wildman–Crippen LogP) is 3.95. The lowest BCUT2D eigenvalue weighted by atomic mass is 10.1. The van der Waals surface area contributed by atoms with Crippen LogP contribution in [0.1, 0.15) is 11.1 Å². The van der Waals surface area contributed by atoms with Gasteiger partial charge in [0.15, 0.2) is 0 Å². The van der Waals surface area contributed by atoms with Crippen LogP contribution in [0.5, 0.6) is 0 Å². The van der Waals surface area contributed by atoms with Crippen molar-refractivity contribution in [2.24, 2.45) is 0 Å². The van der Waals surface area contributed by atoms with Gasteiger partial charge in [0.25, 0.3) is 0 Å². The zero-order chi connectivity index (χ0) is 17.8. The molecule has 1 aromatic heterocycles. The van der Waals surface area contributed by atoms with Gasteiger partial charge in [0.05, 0.1) is 11.4 Å². The Morgan fingerprint density at radius 3 is 2.36 bits per heavy atom. The quantitative estimate of drug-likeness (QED) is 0.679. The molecule has 25 heavy (non-hydrogen) atoms. The van der Waals surface area contributed by atoms with Gasteiger partial charge in [-0.15, -0.1) is 0 Å². The second-order valence-corrected chi connectivity index (χ2v) is 6.15. The number of para-hydroxylation sites is 1. The van der Waals surface area contributed by atoms with Gasteiger partial charge in [-0.25, -0.2) is 4.68 Å². The van der Waals surface area contributed by atoms with Crippen LogP contribution < -0.4 is 0 Å². The van der Waals surface area contributed by atoms with Crippen LogP contribution in [0.2, 0.25) is 0 Å². The molecule has 0 saturated heterocycles. The first-order chi connectivity index (χ1) is 12.0. The molecule has 0 unspecified atom stereocenters.